The Balaban J connectivity index is 3.49. The van der Waals surface area contributed by atoms with Gasteiger partial charge < -0.3 is 134 Å². The van der Waals surface area contributed by atoms with Gasteiger partial charge >= 0.3 is 29.8 Å². The molecular formula is C75H118N20O28. The van der Waals surface area contributed by atoms with E-state index in [4.69, 9.17) is 28.7 Å². The molecule has 123 heavy (non-hydrogen) atoms. The third kappa shape index (κ3) is 41.2. The summed E-state index contributed by atoms with van der Waals surface area (Å²) in [4.78, 5) is 304. The molecular weight excluding hydrogens is 1630 g/mol. The lowest BCUT2D eigenvalue weighted by atomic mass is 9.96. The van der Waals surface area contributed by atoms with Crippen LogP contribution in [-0.4, -0.2) is 265 Å². The molecule has 0 radical (unpaired) electrons. The quantitative estimate of drug-likeness (QED) is 0.0269. The van der Waals surface area contributed by atoms with E-state index in [-0.39, 0.29) is 51.5 Å². The van der Waals surface area contributed by atoms with Crippen LogP contribution in [0.25, 0.3) is 0 Å². The fraction of sp³-hybridized carbons (Fsp3) is 0.613. The Morgan fingerprint density at radius 1 is 0.350 bits per heavy atom. The van der Waals surface area contributed by atoms with Crippen LogP contribution in [0.15, 0.2) is 30.3 Å². The minimum Gasteiger partial charge on any atom is -0.481 e. The number of benzene rings is 1. The average molecular weight is 1750 g/mol. The lowest BCUT2D eigenvalue weighted by Gasteiger charge is -2.30. The van der Waals surface area contributed by atoms with Crippen molar-refractivity contribution in [3.8, 4) is 0 Å². The van der Waals surface area contributed by atoms with E-state index < -0.39 is 308 Å². The maximum Gasteiger partial charge on any atom is 0.326 e. The highest BCUT2D eigenvalue weighted by atomic mass is 16.4. The monoisotopic (exact) mass is 1750 g/mol. The zero-order valence-corrected chi connectivity index (χ0v) is 69.9. The minimum atomic E-state index is -2.19. The zero-order valence-electron chi connectivity index (χ0n) is 69.9. The van der Waals surface area contributed by atoms with Crippen molar-refractivity contribution in [1.29, 1.82) is 0 Å². The first-order chi connectivity index (χ1) is 57.4. The van der Waals surface area contributed by atoms with Gasteiger partial charge in [0.2, 0.25) is 106 Å². The summed E-state index contributed by atoms with van der Waals surface area (Å²) in [5.41, 5.74) is 28.0. The molecule has 1 aromatic rings. The summed E-state index contributed by atoms with van der Waals surface area (Å²) in [5.74, 6) is -32.5. The Morgan fingerprint density at radius 2 is 0.691 bits per heavy atom. The number of hydrogen-bond acceptors (Lipinski definition) is 25. The number of rotatable bonds is 59. The summed E-state index contributed by atoms with van der Waals surface area (Å²) in [7, 11) is 0. The predicted octanol–water partition coefficient (Wildman–Crippen LogP) is -8.58. The van der Waals surface area contributed by atoms with Crippen molar-refractivity contribution in [2.24, 2.45) is 52.3 Å². The molecule has 686 valence electrons. The van der Waals surface area contributed by atoms with Gasteiger partial charge in [0.05, 0.1) is 51.1 Å². The van der Waals surface area contributed by atoms with Crippen LogP contribution < -0.4 is 108 Å². The number of carboxylic acids is 5. The number of amides is 18. The van der Waals surface area contributed by atoms with Gasteiger partial charge in [-0.15, -0.1) is 0 Å². The number of aliphatic carboxylic acids is 5. The van der Waals surface area contributed by atoms with Crippen LogP contribution in [0, 0.1) is 23.7 Å². The van der Waals surface area contributed by atoms with E-state index in [1.165, 1.54) is 34.6 Å². The van der Waals surface area contributed by atoms with E-state index in [1.54, 1.807) is 58.0 Å². The van der Waals surface area contributed by atoms with Crippen molar-refractivity contribution in [3.05, 3.63) is 35.9 Å². The normalized spacial score (nSPS) is 15.2. The Kier molecular flexibility index (Phi) is 47.6. The van der Waals surface area contributed by atoms with Crippen LogP contribution >= 0.6 is 0 Å². The molecule has 0 heterocycles. The maximum absolute atomic E-state index is 14.5. The SMILES string of the molecule is CC[C@H](C)[C@H](NC(=O)[C@H](CCC(N)=O)NC(=O)[C@H](CC(=O)O)NC(=O)[C@H](CC(=O)O)NC(=O)[C@@H](NC(=O)[C@H](CC(N)=O)NC(=O)CNC(=O)[C@H](C)NC(=O)[C@H](CC(=O)O)NC(=O)[C@H](CC(C)C)NC(=O)[C@@H](NC(=O)[C@H](CCCCN)NC(=O)[C@H](CC(N)=O)NC(=O)[C@H](Cc1ccccc1)NC(=O)[C@H](CC(=O)O)NC(=O)[C@H](C)N)[C@@H](C)CC)C(C)C)C(=O)O. The van der Waals surface area contributed by atoms with E-state index in [0.717, 1.165) is 6.92 Å². The molecule has 48 heteroatoms. The standard InChI is InChI=1S/C75H118N20O28/c1-11-35(7)59(94-63(110)40(20-16-17-23-76)84-68(115)45(27-52(80)98)88-67(114)43(25-39-18-14-13-15-19-39)87-70(117)47(29-55(102)103)86-61(108)37(9)77)74(121)91-42(24-33(3)4)66(113)89-46(28-54(100)101)65(112)82-38(10)62(109)81-32-53(99)83-44(26-51(79)97)72(119)93-58(34(5)6)73(120)92-49(31-57(106)107)71(118)90-48(30-56(104)105)69(116)85-41(21-22-50(78)96)64(111)95-60(75(122)123)36(8)12-2/h13-15,18-19,33-38,40-49,58-60H,11-12,16-17,20-32,76-77H2,1-10H3,(H2,78,96)(H2,79,97)(H2,80,98)(H,81,109)(H,82,112)(H,83,99)(H,84,115)(H,85,116)(H,86,108)(H,87,117)(H,88,114)(H,89,113)(H,90,118)(H,91,121)(H,92,120)(H,93,119)(H,94,110)(H,95,111)(H,100,101)(H,102,103)(H,104,105)(H,106,107)(H,122,123)/t35-,36-,37-,38-,40-,41-,42-,43-,44-,45-,46-,47-,48-,49-,58-,59-,60-/m0/s1. The first-order valence-corrected chi connectivity index (χ1v) is 39.3. The molecule has 1 rings (SSSR count). The number of hydrogen-bond donors (Lipinski definition) is 25. The van der Waals surface area contributed by atoms with Crippen LogP contribution in [0.4, 0.5) is 0 Å². The third-order valence-electron chi connectivity index (χ3n) is 18.7. The largest absolute Gasteiger partial charge is 0.481 e. The van der Waals surface area contributed by atoms with Gasteiger partial charge in [-0.25, -0.2) is 4.79 Å². The molecule has 0 saturated carbocycles. The first-order valence-electron chi connectivity index (χ1n) is 39.3. The molecule has 0 fully saturated rings. The van der Waals surface area contributed by atoms with Gasteiger partial charge in [0, 0.05) is 12.8 Å². The summed E-state index contributed by atoms with van der Waals surface area (Å²) in [5, 5.41) is 82.5. The average Bonchev–Trinajstić information content (AvgIpc) is 0.845. The summed E-state index contributed by atoms with van der Waals surface area (Å²) in [6.07, 6.45) is -7.55. The Hall–Kier alpha value is -13.1. The molecule has 18 amide bonds. The van der Waals surface area contributed by atoms with Gasteiger partial charge in [0.1, 0.15) is 84.6 Å². The number of unbranched alkanes of at least 4 members (excludes halogenated alkanes) is 1. The second-order valence-corrected chi connectivity index (χ2v) is 30.1. The van der Waals surface area contributed by atoms with Gasteiger partial charge in [-0.1, -0.05) is 98.6 Å². The summed E-state index contributed by atoms with van der Waals surface area (Å²) < 4.78 is 0. The van der Waals surface area contributed by atoms with Crippen molar-refractivity contribution in [2.45, 2.75) is 256 Å². The summed E-state index contributed by atoms with van der Waals surface area (Å²) >= 11 is 0. The fourth-order valence-electron chi connectivity index (χ4n) is 11.5. The summed E-state index contributed by atoms with van der Waals surface area (Å²) in [6.45, 7) is 13.5. The van der Waals surface area contributed by atoms with Crippen molar-refractivity contribution in [2.75, 3.05) is 13.1 Å². The van der Waals surface area contributed by atoms with Crippen LogP contribution in [0.5, 0.6) is 0 Å². The Bertz CT molecular complexity index is 3940. The number of primary amides is 3. The van der Waals surface area contributed by atoms with E-state index >= 15 is 0 Å². The number of nitrogens with two attached hydrogens (primary N) is 5. The Labute approximate surface area is 706 Å². The minimum absolute atomic E-state index is 0.101. The number of nitrogens with one attached hydrogen (secondary N) is 15. The summed E-state index contributed by atoms with van der Waals surface area (Å²) in [6, 6.07) is -18.4. The molecule has 0 aliphatic carbocycles. The van der Waals surface area contributed by atoms with Crippen LogP contribution in [0.2, 0.25) is 0 Å². The van der Waals surface area contributed by atoms with Gasteiger partial charge in [-0.3, -0.25) is 105 Å². The first kappa shape index (κ1) is 108. The van der Waals surface area contributed by atoms with E-state index in [0.29, 0.717) is 5.56 Å². The van der Waals surface area contributed by atoms with Gasteiger partial charge in [-0.05, 0) is 81.7 Å². The molecule has 30 N–H and O–H groups in total. The van der Waals surface area contributed by atoms with Crippen LogP contribution in [-0.2, 0) is 117 Å². The van der Waals surface area contributed by atoms with Gasteiger partial charge in [-0.2, -0.15) is 0 Å². The van der Waals surface area contributed by atoms with Crippen LogP contribution in [0.1, 0.15) is 165 Å². The highest BCUT2D eigenvalue weighted by Crippen LogP contribution is 2.17. The number of carboxylic acid groups (broad SMARTS) is 5. The topological polar surface area (TPSA) is 804 Å². The molecule has 0 spiro atoms. The third-order valence-corrected chi connectivity index (χ3v) is 18.7. The molecule has 1 aromatic carbocycles. The van der Waals surface area contributed by atoms with Gasteiger partial charge in [0.15, 0.2) is 0 Å². The molecule has 0 saturated heterocycles. The lowest BCUT2D eigenvalue weighted by molar-refractivity contribution is -0.145. The molecule has 0 aromatic heterocycles. The molecule has 17 atom stereocenters. The molecule has 0 aliphatic rings. The molecule has 48 nitrogen and oxygen atoms in total. The molecule has 0 bridgehead atoms. The van der Waals surface area contributed by atoms with E-state index in [1.807, 2.05) is 5.32 Å². The fourth-order valence-corrected chi connectivity index (χ4v) is 11.5. The number of carbonyl (C=O) groups is 23. The lowest BCUT2D eigenvalue weighted by Crippen LogP contribution is -2.61. The number of carbonyl (C=O) groups excluding carboxylic acids is 18. The van der Waals surface area contributed by atoms with Crippen molar-refractivity contribution in [1.82, 2.24) is 79.8 Å². The maximum atomic E-state index is 14.5. The van der Waals surface area contributed by atoms with Gasteiger partial charge in [0.25, 0.3) is 0 Å². The van der Waals surface area contributed by atoms with E-state index in [2.05, 4.69) is 74.4 Å². The second-order valence-electron chi connectivity index (χ2n) is 30.1. The highest BCUT2D eigenvalue weighted by molar-refractivity contribution is 6.03. The molecule has 0 unspecified atom stereocenters. The predicted molar refractivity (Wildman–Crippen MR) is 428 cm³/mol. The highest BCUT2D eigenvalue weighted by Gasteiger charge is 2.41. The van der Waals surface area contributed by atoms with E-state index in [9.17, 15) is 136 Å². The Morgan fingerprint density at radius 3 is 1.10 bits per heavy atom. The van der Waals surface area contributed by atoms with Crippen molar-refractivity contribution < 1.29 is 136 Å². The van der Waals surface area contributed by atoms with Crippen molar-refractivity contribution >= 4 is 136 Å². The molecule has 0 aliphatic heterocycles. The zero-order chi connectivity index (χ0) is 94.0. The van der Waals surface area contributed by atoms with Crippen LogP contribution in [0.3, 0.4) is 0 Å². The smallest absolute Gasteiger partial charge is 0.326 e. The second kappa shape index (κ2) is 54.3. The van der Waals surface area contributed by atoms with Crippen molar-refractivity contribution in [3.63, 3.8) is 0 Å².